The van der Waals surface area contributed by atoms with Gasteiger partial charge in [0.15, 0.2) is 0 Å². The molecule has 9 heteroatoms. The Morgan fingerprint density at radius 1 is 1.02 bits per heavy atom. The summed E-state index contributed by atoms with van der Waals surface area (Å²) in [7, 11) is 0. The van der Waals surface area contributed by atoms with Gasteiger partial charge in [-0.25, -0.2) is 4.79 Å². The number of amides is 4. The van der Waals surface area contributed by atoms with Crippen LogP contribution in [-0.4, -0.2) is 59.4 Å². The number of allylic oxidation sites excluding steroid dienone is 1. The van der Waals surface area contributed by atoms with Crippen LogP contribution in [0.4, 0.5) is 4.79 Å². The van der Waals surface area contributed by atoms with Gasteiger partial charge in [-0.3, -0.25) is 9.59 Å². The first kappa shape index (κ1) is 27.5. The number of piperidine rings is 1. The van der Waals surface area contributed by atoms with E-state index in [1.165, 1.54) is 11.1 Å². The Balaban J connectivity index is 1.22. The molecule has 1 aliphatic carbocycles. The van der Waals surface area contributed by atoms with Crippen LogP contribution in [0.5, 0.6) is 0 Å². The number of fused-ring (bicyclic) bond motifs is 3. The third-order valence-electron chi connectivity index (χ3n) is 8.34. The first-order valence-corrected chi connectivity index (χ1v) is 14.1. The number of aromatic nitrogens is 1. The number of urea groups is 1. The SMILES string of the molecule is NC(=O)[C@H](N)CCCCNC(=O)[C@@H](Cc1c[nH]c2ccccc12)NC(=O)N1CCC2(C=Cc3ccccc32)CC1. The standard InChI is InChI=1S/C31H38N6O3/c32-25(28(33)38)10-5-6-16-34-29(39)27(19-22-20-35-26-11-4-2-8-23(22)26)36-30(40)37-17-14-31(15-18-37)13-12-21-7-1-3-9-24(21)31/h1-4,7-9,11-13,20,25,27,35H,5-6,10,14-19,32H2,(H2,33,38)(H,34,39)(H,36,40)/t25-,27-/m1/s1. The summed E-state index contributed by atoms with van der Waals surface area (Å²) in [6.07, 6.45) is 10.2. The van der Waals surface area contributed by atoms with Crippen molar-refractivity contribution in [1.82, 2.24) is 20.5 Å². The highest BCUT2D eigenvalue weighted by atomic mass is 16.2. The molecule has 0 unspecified atom stereocenters. The zero-order valence-corrected chi connectivity index (χ0v) is 22.7. The van der Waals surface area contributed by atoms with Crippen molar-refractivity contribution in [3.8, 4) is 0 Å². The third kappa shape index (κ3) is 5.89. The zero-order chi connectivity index (χ0) is 28.1. The van der Waals surface area contributed by atoms with E-state index in [0.29, 0.717) is 45.3 Å². The van der Waals surface area contributed by atoms with E-state index in [9.17, 15) is 14.4 Å². The minimum Gasteiger partial charge on any atom is -0.368 e. The number of likely N-dealkylation sites (tertiary alicyclic amines) is 1. The van der Waals surface area contributed by atoms with Gasteiger partial charge in [-0.05, 0) is 54.9 Å². The van der Waals surface area contributed by atoms with E-state index in [4.69, 9.17) is 11.5 Å². The van der Waals surface area contributed by atoms with Crippen molar-refractivity contribution >= 4 is 34.8 Å². The number of carbonyl (C=O) groups excluding carboxylic acids is 3. The molecule has 4 amide bonds. The van der Waals surface area contributed by atoms with E-state index >= 15 is 0 Å². The highest BCUT2D eigenvalue weighted by Crippen LogP contribution is 2.43. The maximum absolute atomic E-state index is 13.4. The molecule has 1 aromatic heterocycles. The lowest BCUT2D eigenvalue weighted by atomic mass is 9.74. The molecule has 210 valence electrons. The van der Waals surface area contributed by atoms with Gasteiger partial charge in [0.2, 0.25) is 11.8 Å². The topological polar surface area (TPSA) is 146 Å². The van der Waals surface area contributed by atoms with Crippen LogP contribution in [0, 0.1) is 0 Å². The molecule has 40 heavy (non-hydrogen) atoms. The predicted octanol–water partition coefficient (Wildman–Crippen LogP) is 2.95. The molecule has 0 radical (unpaired) electrons. The summed E-state index contributed by atoms with van der Waals surface area (Å²) >= 11 is 0. The molecule has 0 bridgehead atoms. The summed E-state index contributed by atoms with van der Waals surface area (Å²) in [5.74, 6) is -0.763. The minimum atomic E-state index is -0.734. The molecule has 1 saturated heterocycles. The third-order valence-corrected chi connectivity index (χ3v) is 8.34. The van der Waals surface area contributed by atoms with Crippen LogP contribution in [0.1, 0.15) is 48.8 Å². The Bertz CT molecular complexity index is 1400. The Morgan fingerprint density at radius 2 is 1.77 bits per heavy atom. The number of unbranched alkanes of at least 4 members (excludes halogenated alkanes) is 1. The number of nitrogens with zero attached hydrogens (tertiary/aromatic N) is 1. The molecule has 1 fully saturated rings. The molecule has 0 saturated carbocycles. The van der Waals surface area contributed by atoms with Gasteiger partial charge in [-0.15, -0.1) is 0 Å². The summed E-state index contributed by atoms with van der Waals surface area (Å²) in [6, 6.07) is 14.7. The van der Waals surface area contributed by atoms with Crippen molar-refractivity contribution in [2.75, 3.05) is 19.6 Å². The van der Waals surface area contributed by atoms with Gasteiger partial charge in [0.25, 0.3) is 0 Å². The lowest BCUT2D eigenvalue weighted by Gasteiger charge is -2.39. The van der Waals surface area contributed by atoms with Crippen LogP contribution in [0.15, 0.2) is 60.8 Å². The number of rotatable bonds is 10. The predicted molar refractivity (Wildman–Crippen MR) is 156 cm³/mol. The number of nitrogens with two attached hydrogens (primary N) is 2. The van der Waals surface area contributed by atoms with Crippen molar-refractivity contribution in [3.63, 3.8) is 0 Å². The second-order valence-corrected chi connectivity index (χ2v) is 10.9. The van der Waals surface area contributed by atoms with Gasteiger partial charge >= 0.3 is 6.03 Å². The average molecular weight is 543 g/mol. The van der Waals surface area contributed by atoms with Crippen LogP contribution in [0.2, 0.25) is 0 Å². The number of aromatic amines is 1. The lowest BCUT2D eigenvalue weighted by molar-refractivity contribution is -0.123. The molecule has 3 aromatic rings. The Hall–Kier alpha value is -4.11. The molecule has 1 spiro atoms. The molecular formula is C31H38N6O3. The summed E-state index contributed by atoms with van der Waals surface area (Å²) < 4.78 is 0. The van der Waals surface area contributed by atoms with Crippen molar-refractivity contribution in [3.05, 3.63) is 77.5 Å². The van der Waals surface area contributed by atoms with Gasteiger partial charge in [0.1, 0.15) is 6.04 Å². The number of benzene rings is 2. The first-order chi connectivity index (χ1) is 19.4. The Labute approximate surface area is 234 Å². The highest BCUT2D eigenvalue weighted by molar-refractivity contribution is 5.89. The van der Waals surface area contributed by atoms with Crippen LogP contribution in [-0.2, 0) is 21.4 Å². The molecule has 5 rings (SSSR count). The normalized spacial score (nSPS) is 17.0. The highest BCUT2D eigenvalue weighted by Gasteiger charge is 2.39. The van der Waals surface area contributed by atoms with E-state index in [1.807, 2.05) is 35.4 Å². The fraction of sp³-hybridized carbons (Fsp3) is 0.387. The average Bonchev–Trinajstić information content (AvgIpc) is 3.54. The monoisotopic (exact) mass is 542 g/mol. The molecule has 2 atom stereocenters. The largest absolute Gasteiger partial charge is 0.368 e. The lowest BCUT2D eigenvalue weighted by Crippen LogP contribution is -2.54. The van der Waals surface area contributed by atoms with Crippen LogP contribution in [0.25, 0.3) is 17.0 Å². The van der Waals surface area contributed by atoms with Crippen LogP contribution in [0.3, 0.4) is 0 Å². The number of carbonyl (C=O) groups is 3. The van der Waals surface area contributed by atoms with Crippen molar-refractivity contribution in [2.24, 2.45) is 11.5 Å². The molecule has 1 aliphatic heterocycles. The van der Waals surface area contributed by atoms with Crippen LogP contribution < -0.4 is 22.1 Å². The second kappa shape index (κ2) is 12.0. The number of H-pyrrole nitrogens is 1. The number of hydrogen-bond donors (Lipinski definition) is 5. The molecule has 2 heterocycles. The maximum atomic E-state index is 13.4. The molecule has 9 nitrogen and oxygen atoms in total. The maximum Gasteiger partial charge on any atom is 0.318 e. The van der Waals surface area contributed by atoms with E-state index < -0.39 is 18.0 Å². The summed E-state index contributed by atoms with van der Waals surface area (Å²) in [4.78, 5) is 42.9. The molecule has 2 aromatic carbocycles. The molecular weight excluding hydrogens is 504 g/mol. The zero-order valence-electron chi connectivity index (χ0n) is 22.7. The van der Waals surface area contributed by atoms with E-state index in [0.717, 1.165) is 29.3 Å². The number of hydrogen-bond acceptors (Lipinski definition) is 4. The second-order valence-electron chi connectivity index (χ2n) is 10.9. The Kier molecular flexibility index (Phi) is 8.21. The Morgan fingerprint density at radius 3 is 2.58 bits per heavy atom. The van der Waals surface area contributed by atoms with E-state index in [2.05, 4.69) is 52.0 Å². The molecule has 7 N–H and O–H groups in total. The quantitative estimate of drug-likeness (QED) is 0.251. The summed E-state index contributed by atoms with van der Waals surface area (Å²) in [5, 5.41) is 7.01. The van der Waals surface area contributed by atoms with Crippen molar-refractivity contribution in [1.29, 1.82) is 0 Å². The first-order valence-electron chi connectivity index (χ1n) is 14.1. The van der Waals surface area contributed by atoms with Crippen molar-refractivity contribution < 1.29 is 14.4 Å². The van der Waals surface area contributed by atoms with Gasteiger partial charge < -0.3 is 32.0 Å². The minimum absolute atomic E-state index is 0.0226. The van der Waals surface area contributed by atoms with Gasteiger partial charge in [0.05, 0.1) is 6.04 Å². The number of nitrogens with one attached hydrogen (secondary N) is 3. The fourth-order valence-electron chi connectivity index (χ4n) is 5.92. The van der Waals surface area contributed by atoms with Gasteiger partial charge in [-0.2, -0.15) is 0 Å². The smallest absolute Gasteiger partial charge is 0.318 e. The fourth-order valence-corrected chi connectivity index (χ4v) is 5.92. The van der Waals surface area contributed by atoms with Gasteiger partial charge in [0, 0.05) is 48.6 Å². The van der Waals surface area contributed by atoms with E-state index in [1.54, 1.807) is 0 Å². The molecule has 2 aliphatic rings. The summed E-state index contributed by atoms with van der Waals surface area (Å²) in [6.45, 7) is 1.65. The number of para-hydroxylation sites is 1. The van der Waals surface area contributed by atoms with Crippen LogP contribution >= 0.6 is 0 Å². The number of primary amides is 1. The van der Waals surface area contributed by atoms with Gasteiger partial charge in [-0.1, -0.05) is 54.6 Å². The van der Waals surface area contributed by atoms with E-state index in [-0.39, 0.29) is 17.4 Å². The van der Waals surface area contributed by atoms with Crippen molar-refractivity contribution in [2.45, 2.75) is 56.0 Å². The summed E-state index contributed by atoms with van der Waals surface area (Å²) in [5.41, 5.74) is 15.4.